The molecule has 0 saturated heterocycles. The fourth-order valence-corrected chi connectivity index (χ4v) is 3.51. The van der Waals surface area contributed by atoms with Crippen LogP contribution in [0.3, 0.4) is 0 Å². The Labute approximate surface area is 123 Å². The molecule has 0 fully saturated rings. The molecule has 0 aromatic heterocycles. The number of nitrogens with one attached hydrogen (secondary N) is 1. The highest BCUT2D eigenvalue weighted by atomic mass is 32.2. The number of aryl methyl sites for hydroxylation is 2. The van der Waals surface area contributed by atoms with Gasteiger partial charge in [-0.3, -0.25) is 0 Å². The first-order chi connectivity index (χ1) is 9.17. The first-order valence-corrected chi connectivity index (χ1v) is 8.72. The predicted octanol–water partition coefficient (Wildman–Crippen LogP) is 4.88. The molecule has 0 amide bonds. The van der Waals surface area contributed by atoms with E-state index in [0.717, 1.165) is 6.54 Å². The van der Waals surface area contributed by atoms with Crippen LogP contribution in [0.5, 0.6) is 0 Å². The van der Waals surface area contributed by atoms with E-state index >= 15 is 0 Å². The van der Waals surface area contributed by atoms with Gasteiger partial charge in [-0.15, -0.1) is 0 Å². The minimum Gasteiger partial charge on any atom is -0.310 e. The summed E-state index contributed by atoms with van der Waals surface area (Å²) >= 11 is 2.09. The van der Waals surface area contributed by atoms with Crippen molar-refractivity contribution >= 4 is 11.8 Å². The van der Waals surface area contributed by atoms with Gasteiger partial charge < -0.3 is 5.32 Å². The maximum Gasteiger partial charge on any atom is 0.0411 e. The van der Waals surface area contributed by atoms with Crippen LogP contribution in [0.15, 0.2) is 18.2 Å². The Bertz CT molecular complexity index is 342. The number of benzene rings is 1. The molecule has 1 aromatic rings. The molecule has 1 N–H and O–H groups in total. The summed E-state index contributed by atoms with van der Waals surface area (Å²) in [6.45, 7) is 9.87. The summed E-state index contributed by atoms with van der Waals surface area (Å²) in [4.78, 5) is 0. The molecule has 0 aliphatic heterocycles. The molecule has 0 spiro atoms. The third-order valence-electron chi connectivity index (χ3n) is 3.27. The van der Waals surface area contributed by atoms with Gasteiger partial charge in [0.25, 0.3) is 0 Å². The first-order valence-electron chi connectivity index (χ1n) is 7.56. The number of hydrogen-bond acceptors (Lipinski definition) is 2. The molecular formula is C17H29NS. The maximum atomic E-state index is 3.62. The predicted molar refractivity (Wildman–Crippen MR) is 89.2 cm³/mol. The molecule has 0 saturated carbocycles. The van der Waals surface area contributed by atoms with Crippen molar-refractivity contribution in [3.63, 3.8) is 0 Å². The molecule has 1 aromatic carbocycles. The zero-order valence-corrected chi connectivity index (χ0v) is 13.8. The second-order valence-electron chi connectivity index (χ2n) is 5.31. The van der Waals surface area contributed by atoms with Gasteiger partial charge in [-0.1, -0.05) is 56.0 Å². The molecule has 1 nitrogen and oxygen atoms in total. The standard InChI is InChI=1S/C17H29NS/c1-5-7-8-9-19-13-17(18-6-2)16-11-14(3)10-15(4)12-16/h10-12,17-18H,5-9,13H2,1-4H3. The van der Waals surface area contributed by atoms with E-state index in [4.69, 9.17) is 0 Å². The van der Waals surface area contributed by atoms with Gasteiger partial charge in [-0.25, -0.2) is 0 Å². The molecule has 2 heteroatoms. The summed E-state index contributed by atoms with van der Waals surface area (Å²) in [5, 5.41) is 3.62. The highest BCUT2D eigenvalue weighted by Gasteiger charge is 2.10. The fourth-order valence-electron chi connectivity index (χ4n) is 2.39. The van der Waals surface area contributed by atoms with E-state index in [0.29, 0.717) is 6.04 Å². The van der Waals surface area contributed by atoms with Crippen molar-refractivity contribution < 1.29 is 0 Å². The van der Waals surface area contributed by atoms with Gasteiger partial charge in [0.15, 0.2) is 0 Å². The quantitative estimate of drug-likeness (QED) is 0.647. The molecule has 19 heavy (non-hydrogen) atoms. The highest BCUT2D eigenvalue weighted by Crippen LogP contribution is 2.21. The van der Waals surface area contributed by atoms with Crippen LogP contribution in [0.1, 0.15) is 55.8 Å². The lowest BCUT2D eigenvalue weighted by Gasteiger charge is -2.19. The summed E-state index contributed by atoms with van der Waals surface area (Å²) in [5.41, 5.74) is 4.19. The van der Waals surface area contributed by atoms with Crippen LogP contribution in [-0.4, -0.2) is 18.1 Å². The molecular weight excluding hydrogens is 250 g/mol. The summed E-state index contributed by atoms with van der Waals surface area (Å²) in [6.07, 6.45) is 4.03. The molecule has 0 radical (unpaired) electrons. The second-order valence-corrected chi connectivity index (χ2v) is 6.46. The van der Waals surface area contributed by atoms with E-state index in [1.165, 1.54) is 47.5 Å². The smallest absolute Gasteiger partial charge is 0.0411 e. The van der Waals surface area contributed by atoms with Crippen LogP contribution in [-0.2, 0) is 0 Å². The van der Waals surface area contributed by atoms with E-state index in [1.54, 1.807) is 0 Å². The van der Waals surface area contributed by atoms with Crippen LogP contribution >= 0.6 is 11.8 Å². The van der Waals surface area contributed by atoms with Crippen LogP contribution in [0.2, 0.25) is 0 Å². The summed E-state index contributed by atoms with van der Waals surface area (Å²) < 4.78 is 0. The molecule has 0 bridgehead atoms. The van der Waals surface area contributed by atoms with Gasteiger partial charge in [-0.2, -0.15) is 11.8 Å². The topological polar surface area (TPSA) is 12.0 Å². The van der Waals surface area contributed by atoms with Crippen LogP contribution in [0.4, 0.5) is 0 Å². The Hall–Kier alpha value is -0.470. The average molecular weight is 279 g/mol. The number of hydrogen-bond donors (Lipinski definition) is 1. The monoisotopic (exact) mass is 279 g/mol. The average Bonchev–Trinajstić information content (AvgIpc) is 2.36. The van der Waals surface area contributed by atoms with E-state index in [-0.39, 0.29) is 0 Å². The lowest BCUT2D eigenvalue weighted by atomic mass is 10.0. The fraction of sp³-hybridized carbons (Fsp3) is 0.647. The van der Waals surface area contributed by atoms with Gasteiger partial charge >= 0.3 is 0 Å². The molecule has 0 heterocycles. The molecule has 0 aliphatic carbocycles. The zero-order chi connectivity index (χ0) is 14.1. The lowest BCUT2D eigenvalue weighted by molar-refractivity contribution is 0.605. The normalized spacial score (nSPS) is 12.6. The number of unbranched alkanes of at least 4 members (excludes halogenated alkanes) is 2. The van der Waals surface area contributed by atoms with E-state index in [9.17, 15) is 0 Å². The molecule has 0 aliphatic rings. The van der Waals surface area contributed by atoms with Crippen molar-refractivity contribution in [2.45, 2.75) is 53.0 Å². The zero-order valence-electron chi connectivity index (χ0n) is 13.0. The second kappa shape index (κ2) is 9.44. The minimum atomic E-state index is 0.496. The van der Waals surface area contributed by atoms with E-state index in [2.05, 4.69) is 63.0 Å². The molecule has 1 atom stereocenters. The Morgan fingerprint density at radius 1 is 1.05 bits per heavy atom. The summed E-state index contributed by atoms with van der Waals surface area (Å²) in [7, 11) is 0. The number of rotatable bonds is 9. The van der Waals surface area contributed by atoms with E-state index in [1.807, 2.05) is 0 Å². The van der Waals surface area contributed by atoms with Crippen molar-refractivity contribution in [2.75, 3.05) is 18.1 Å². The first kappa shape index (κ1) is 16.6. The maximum absolute atomic E-state index is 3.62. The van der Waals surface area contributed by atoms with Crippen molar-refractivity contribution in [1.82, 2.24) is 5.32 Å². The Kier molecular flexibility index (Phi) is 8.24. The third-order valence-corrected chi connectivity index (χ3v) is 4.42. The van der Waals surface area contributed by atoms with Crippen LogP contribution < -0.4 is 5.32 Å². The van der Waals surface area contributed by atoms with Gasteiger partial charge in [0.2, 0.25) is 0 Å². The largest absolute Gasteiger partial charge is 0.310 e. The highest BCUT2D eigenvalue weighted by molar-refractivity contribution is 7.99. The summed E-state index contributed by atoms with van der Waals surface area (Å²) in [5.74, 6) is 2.47. The van der Waals surface area contributed by atoms with Crippen LogP contribution in [0.25, 0.3) is 0 Å². The van der Waals surface area contributed by atoms with Crippen molar-refractivity contribution in [3.8, 4) is 0 Å². The number of thioether (sulfide) groups is 1. The Morgan fingerprint density at radius 3 is 2.32 bits per heavy atom. The van der Waals surface area contributed by atoms with Crippen molar-refractivity contribution in [1.29, 1.82) is 0 Å². The Morgan fingerprint density at radius 2 is 1.74 bits per heavy atom. The van der Waals surface area contributed by atoms with Gasteiger partial charge in [0.05, 0.1) is 0 Å². The lowest BCUT2D eigenvalue weighted by Crippen LogP contribution is -2.23. The Balaban J connectivity index is 2.55. The van der Waals surface area contributed by atoms with E-state index < -0.39 is 0 Å². The molecule has 1 rings (SSSR count). The van der Waals surface area contributed by atoms with Gasteiger partial charge in [-0.05, 0) is 38.1 Å². The SMILES string of the molecule is CCCCCSCC(NCC)c1cc(C)cc(C)c1. The third kappa shape index (κ3) is 6.49. The molecule has 108 valence electrons. The van der Waals surface area contributed by atoms with Gasteiger partial charge in [0, 0.05) is 11.8 Å². The minimum absolute atomic E-state index is 0.496. The van der Waals surface area contributed by atoms with Gasteiger partial charge in [0.1, 0.15) is 0 Å². The molecule has 1 unspecified atom stereocenters. The van der Waals surface area contributed by atoms with Crippen molar-refractivity contribution in [3.05, 3.63) is 34.9 Å². The van der Waals surface area contributed by atoms with Crippen LogP contribution in [0, 0.1) is 13.8 Å². The summed E-state index contributed by atoms with van der Waals surface area (Å²) in [6, 6.07) is 7.40. The van der Waals surface area contributed by atoms with Crippen molar-refractivity contribution in [2.24, 2.45) is 0 Å².